The Bertz CT molecular complexity index is 870. The summed E-state index contributed by atoms with van der Waals surface area (Å²) in [5.74, 6) is -1.27. The van der Waals surface area contributed by atoms with Crippen LogP contribution in [-0.2, 0) is 4.79 Å². The molecule has 0 spiro atoms. The summed E-state index contributed by atoms with van der Waals surface area (Å²) < 4.78 is 0. The van der Waals surface area contributed by atoms with Gasteiger partial charge in [-0.2, -0.15) is 5.10 Å². The molecule has 0 aliphatic carbocycles. The SMILES string of the molecule is Cc1ccccc1NC(C)C(=O)NN=Cc1cc(Cl)cc([N+](=O)[O-])c1[O-]. The van der Waals surface area contributed by atoms with Gasteiger partial charge < -0.3 is 10.4 Å². The highest BCUT2D eigenvalue weighted by atomic mass is 35.5. The third-order valence-corrected chi connectivity index (χ3v) is 3.77. The predicted molar refractivity (Wildman–Crippen MR) is 97.6 cm³/mol. The molecular formula is C17H16ClN4O4-. The molecule has 0 aliphatic heterocycles. The number of nitro groups is 1. The number of amides is 1. The number of nitro benzene ring substituents is 1. The Morgan fingerprint density at radius 3 is 2.69 bits per heavy atom. The molecule has 8 nitrogen and oxygen atoms in total. The Kier molecular flexibility index (Phi) is 6.13. The van der Waals surface area contributed by atoms with Crippen molar-refractivity contribution in [2.24, 2.45) is 5.10 Å². The number of nitrogens with one attached hydrogen (secondary N) is 2. The monoisotopic (exact) mass is 375 g/mol. The number of aryl methyl sites for hydroxylation is 1. The summed E-state index contributed by atoms with van der Waals surface area (Å²) in [6.45, 7) is 3.56. The van der Waals surface area contributed by atoms with Gasteiger partial charge in [0, 0.05) is 16.8 Å². The first-order valence-electron chi connectivity index (χ1n) is 7.59. The summed E-state index contributed by atoms with van der Waals surface area (Å²) in [5, 5.41) is 29.5. The molecule has 26 heavy (non-hydrogen) atoms. The quantitative estimate of drug-likeness (QED) is 0.456. The zero-order valence-electron chi connectivity index (χ0n) is 14.0. The molecule has 2 N–H and O–H groups in total. The third kappa shape index (κ3) is 4.70. The molecule has 1 amide bonds. The van der Waals surface area contributed by atoms with Crippen molar-refractivity contribution in [1.82, 2.24) is 5.43 Å². The van der Waals surface area contributed by atoms with Crippen LogP contribution in [0.5, 0.6) is 5.75 Å². The molecule has 0 saturated carbocycles. The molecule has 0 bridgehead atoms. The molecule has 0 saturated heterocycles. The van der Waals surface area contributed by atoms with Gasteiger partial charge in [0.2, 0.25) is 0 Å². The van der Waals surface area contributed by atoms with Crippen molar-refractivity contribution >= 4 is 35.1 Å². The second kappa shape index (κ2) is 8.30. The van der Waals surface area contributed by atoms with Gasteiger partial charge in [-0.15, -0.1) is 0 Å². The fourth-order valence-electron chi connectivity index (χ4n) is 2.13. The van der Waals surface area contributed by atoms with Crippen LogP contribution in [-0.4, -0.2) is 23.1 Å². The molecule has 0 fully saturated rings. The number of hydrogen-bond donors (Lipinski definition) is 2. The van der Waals surface area contributed by atoms with Gasteiger partial charge in [0.15, 0.2) is 0 Å². The summed E-state index contributed by atoms with van der Waals surface area (Å²) in [6.07, 6.45) is 1.03. The normalized spacial score (nSPS) is 12.0. The van der Waals surface area contributed by atoms with E-state index in [1.54, 1.807) is 6.92 Å². The van der Waals surface area contributed by atoms with Gasteiger partial charge in [0.05, 0.1) is 11.1 Å². The Morgan fingerprint density at radius 1 is 1.35 bits per heavy atom. The van der Waals surface area contributed by atoms with E-state index in [1.807, 2.05) is 31.2 Å². The van der Waals surface area contributed by atoms with Crippen LogP contribution in [0.4, 0.5) is 11.4 Å². The summed E-state index contributed by atoms with van der Waals surface area (Å²) in [6, 6.07) is 9.11. The van der Waals surface area contributed by atoms with Crippen LogP contribution in [0.3, 0.4) is 0 Å². The van der Waals surface area contributed by atoms with Crippen LogP contribution in [0, 0.1) is 17.0 Å². The minimum Gasteiger partial charge on any atom is -0.867 e. The number of anilines is 1. The van der Waals surface area contributed by atoms with Gasteiger partial charge in [-0.1, -0.05) is 29.8 Å². The van der Waals surface area contributed by atoms with Crippen LogP contribution in [0.2, 0.25) is 5.02 Å². The number of hydrogen-bond acceptors (Lipinski definition) is 6. The second-order valence-corrected chi connectivity index (χ2v) is 5.95. The van der Waals surface area contributed by atoms with E-state index < -0.39 is 28.3 Å². The summed E-state index contributed by atoms with van der Waals surface area (Å²) in [7, 11) is 0. The fraction of sp³-hybridized carbons (Fsp3) is 0.176. The first kappa shape index (κ1) is 19.2. The highest BCUT2D eigenvalue weighted by Gasteiger charge is 2.13. The number of halogens is 1. The molecule has 1 atom stereocenters. The average Bonchev–Trinajstić information content (AvgIpc) is 2.59. The number of para-hydroxylation sites is 1. The maximum atomic E-state index is 12.1. The van der Waals surface area contributed by atoms with Gasteiger partial charge in [-0.3, -0.25) is 14.9 Å². The summed E-state index contributed by atoms with van der Waals surface area (Å²) >= 11 is 5.76. The molecule has 1 unspecified atom stereocenters. The van der Waals surface area contributed by atoms with Gasteiger partial charge >= 0.3 is 0 Å². The van der Waals surface area contributed by atoms with Gasteiger partial charge in [0.1, 0.15) is 6.04 Å². The first-order valence-corrected chi connectivity index (χ1v) is 7.97. The van der Waals surface area contributed by atoms with Gasteiger partial charge in [-0.25, -0.2) is 5.43 Å². The van der Waals surface area contributed by atoms with Crippen molar-refractivity contribution in [2.45, 2.75) is 19.9 Å². The topological polar surface area (TPSA) is 120 Å². The van der Waals surface area contributed by atoms with E-state index in [1.165, 1.54) is 6.07 Å². The molecular weight excluding hydrogens is 360 g/mol. The Labute approximate surface area is 154 Å². The molecule has 9 heteroatoms. The fourth-order valence-corrected chi connectivity index (χ4v) is 2.35. The molecule has 2 aromatic rings. The van der Waals surface area contributed by atoms with E-state index in [0.717, 1.165) is 23.5 Å². The standard InChI is InChI=1S/C17H17ClN4O4/c1-10-5-3-4-6-14(10)20-11(2)17(24)21-19-9-12-7-13(18)8-15(16(12)23)22(25)26/h3-9,11,20,23H,1-2H3,(H,21,24)/p-1. The largest absolute Gasteiger partial charge is 0.867 e. The van der Waals surface area contributed by atoms with Crippen molar-refractivity contribution in [3.8, 4) is 5.75 Å². The highest BCUT2D eigenvalue weighted by molar-refractivity contribution is 6.31. The number of carbonyl (C=O) groups is 1. The van der Waals surface area contributed by atoms with Gasteiger partial charge in [-0.05, 0) is 42.9 Å². The number of benzene rings is 2. The molecule has 0 radical (unpaired) electrons. The van der Waals surface area contributed by atoms with Crippen LogP contribution in [0.1, 0.15) is 18.1 Å². The minimum atomic E-state index is -0.830. The predicted octanol–water partition coefficient (Wildman–Crippen LogP) is 2.58. The average molecular weight is 376 g/mol. The molecule has 2 aromatic carbocycles. The van der Waals surface area contributed by atoms with E-state index in [-0.39, 0.29) is 10.6 Å². The maximum Gasteiger partial charge on any atom is 0.263 e. The van der Waals surface area contributed by atoms with E-state index in [4.69, 9.17) is 11.6 Å². The van der Waals surface area contributed by atoms with E-state index in [9.17, 15) is 20.0 Å². The third-order valence-electron chi connectivity index (χ3n) is 3.55. The molecule has 2 rings (SSSR count). The van der Waals surface area contributed by atoms with Crippen LogP contribution in [0.25, 0.3) is 0 Å². The van der Waals surface area contributed by atoms with E-state index in [2.05, 4.69) is 15.8 Å². The lowest BCUT2D eigenvalue weighted by molar-refractivity contribution is -0.398. The van der Waals surface area contributed by atoms with Crippen molar-refractivity contribution < 1.29 is 14.8 Å². The molecule has 0 heterocycles. The van der Waals surface area contributed by atoms with Crippen LogP contribution in [0.15, 0.2) is 41.5 Å². The zero-order chi connectivity index (χ0) is 19.3. The molecule has 136 valence electrons. The number of nitrogens with zero attached hydrogens (tertiary/aromatic N) is 2. The van der Waals surface area contributed by atoms with Crippen LogP contribution >= 0.6 is 11.6 Å². The maximum absolute atomic E-state index is 12.1. The highest BCUT2D eigenvalue weighted by Crippen LogP contribution is 2.29. The summed E-state index contributed by atoms with van der Waals surface area (Å²) in [4.78, 5) is 22.1. The number of rotatable bonds is 6. The van der Waals surface area contributed by atoms with Crippen molar-refractivity contribution in [3.05, 3.63) is 62.7 Å². The van der Waals surface area contributed by atoms with Crippen molar-refractivity contribution in [1.29, 1.82) is 0 Å². The van der Waals surface area contributed by atoms with E-state index in [0.29, 0.717) is 0 Å². The Morgan fingerprint density at radius 2 is 2.04 bits per heavy atom. The molecule has 0 aliphatic rings. The first-order chi connectivity index (χ1) is 12.3. The Hall–Kier alpha value is -3.13. The van der Waals surface area contributed by atoms with Crippen molar-refractivity contribution in [3.63, 3.8) is 0 Å². The number of hydrazone groups is 1. The second-order valence-electron chi connectivity index (χ2n) is 5.52. The molecule has 0 aromatic heterocycles. The zero-order valence-corrected chi connectivity index (χ0v) is 14.8. The lowest BCUT2D eigenvalue weighted by atomic mass is 10.2. The van der Waals surface area contributed by atoms with Gasteiger partial charge in [0.25, 0.3) is 11.6 Å². The Balaban J connectivity index is 2.05. The lowest BCUT2D eigenvalue weighted by Gasteiger charge is -2.15. The summed E-state index contributed by atoms with van der Waals surface area (Å²) in [5.41, 5.74) is 3.33. The van der Waals surface area contributed by atoms with Crippen LogP contribution < -0.4 is 15.8 Å². The minimum absolute atomic E-state index is 0.0265. The van der Waals surface area contributed by atoms with E-state index >= 15 is 0 Å². The van der Waals surface area contributed by atoms with Crippen molar-refractivity contribution in [2.75, 3.05) is 5.32 Å². The lowest BCUT2D eigenvalue weighted by Crippen LogP contribution is -2.35. The smallest absolute Gasteiger partial charge is 0.263 e. The number of carbonyl (C=O) groups excluding carboxylic acids is 1.